The smallest absolute Gasteiger partial charge is 0.143 e. The molecule has 2 heterocycles. The molecular formula is C24H10N2OS. The standard InChI is InChI=1S/C24H10N2OS/c25-11-13-1-7-21-19(9-13)16-4-5-17-15(23(16)27-21)3-6-18-20-10-14(12-26)2-8-22(20)28-24(17)18/h1-10H. The SMILES string of the molecule is N#Cc1ccc2oc3c(ccc4c3ccc3c5cc(C#N)ccc5sc34)c2c1. The Hall–Kier alpha value is -3.86. The van der Waals surface area contributed by atoms with E-state index >= 15 is 0 Å². The number of fused-ring (bicyclic) bond motifs is 9. The lowest BCUT2D eigenvalue weighted by atomic mass is 10.0. The van der Waals surface area contributed by atoms with E-state index in [0.717, 1.165) is 43.5 Å². The van der Waals surface area contributed by atoms with Crippen molar-refractivity contribution in [2.75, 3.05) is 0 Å². The highest BCUT2D eigenvalue weighted by Crippen LogP contribution is 2.42. The molecule has 0 saturated heterocycles. The zero-order chi connectivity index (χ0) is 18.8. The molecule has 28 heavy (non-hydrogen) atoms. The number of nitriles is 2. The lowest BCUT2D eigenvalue weighted by molar-refractivity contribution is 0.672. The fourth-order valence-corrected chi connectivity index (χ4v) is 5.22. The highest BCUT2D eigenvalue weighted by Gasteiger charge is 2.15. The van der Waals surface area contributed by atoms with Crippen molar-refractivity contribution in [1.82, 2.24) is 0 Å². The van der Waals surface area contributed by atoms with Gasteiger partial charge in [0, 0.05) is 41.7 Å². The largest absolute Gasteiger partial charge is 0.455 e. The van der Waals surface area contributed by atoms with Crippen LogP contribution in [0.3, 0.4) is 0 Å². The van der Waals surface area contributed by atoms with Gasteiger partial charge in [0.05, 0.1) is 23.3 Å². The molecule has 0 N–H and O–H groups in total. The van der Waals surface area contributed by atoms with E-state index < -0.39 is 0 Å². The molecule has 0 aliphatic rings. The molecule has 0 aliphatic carbocycles. The Morgan fingerprint density at radius 3 is 2.00 bits per heavy atom. The predicted molar refractivity (Wildman–Crippen MR) is 114 cm³/mol. The highest BCUT2D eigenvalue weighted by atomic mass is 32.1. The normalized spacial score (nSPS) is 11.5. The van der Waals surface area contributed by atoms with Gasteiger partial charge in [-0.15, -0.1) is 11.3 Å². The van der Waals surface area contributed by atoms with E-state index in [9.17, 15) is 10.5 Å². The van der Waals surface area contributed by atoms with Crippen molar-refractivity contribution in [3.8, 4) is 12.1 Å². The number of benzene rings is 4. The van der Waals surface area contributed by atoms with Crippen LogP contribution in [0.4, 0.5) is 0 Å². The topological polar surface area (TPSA) is 60.7 Å². The maximum absolute atomic E-state index is 9.22. The molecule has 0 aliphatic heterocycles. The van der Waals surface area contributed by atoms with Crippen LogP contribution in [0, 0.1) is 22.7 Å². The molecule has 0 bridgehead atoms. The molecule has 0 radical (unpaired) electrons. The second kappa shape index (κ2) is 5.33. The Labute approximate surface area is 163 Å². The summed E-state index contributed by atoms with van der Waals surface area (Å²) in [6.07, 6.45) is 0. The minimum absolute atomic E-state index is 0.628. The summed E-state index contributed by atoms with van der Waals surface area (Å²) in [7, 11) is 0. The van der Waals surface area contributed by atoms with Crippen LogP contribution in [0.5, 0.6) is 0 Å². The second-order valence-electron chi connectivity index (χ2n) is 6.83. The quantitative estimate of drug-likeness (QED) is 0.292. The highest BCUT2D eigenvalue weighted by molar-refractivity contribution is 7.26. The van der Waals surface area contributed by atoms with Gasteiger partial charge < -0.3 is 4.42 Å². The molecule has 0 saturated carbocycles. The van der Waals surface area contributed by atoms with Crippen LogP contribution in [0.25, 0.3) is 52.9 Å². The van der Waals surface area contributed by atoms with Crippen LogP contribution in [-0.2, 0) is 0 Å². The van der Waals surface area contributed by atoms with E-state index in [0.29, 0.717) is 11.1 Å². The van der Waals surface area contributed by atoms with Gasteiger partial charge in [0.1, 0.15) is 11.2 Å². The molecule has 0 fully saturated rings. The number of furan rings is 1. The van der Waals surface area contributed by atoms with Crippen LogP contribution >= 0.6 is 11.3 Å². The first-order valence-corrected chi connectivity index (χ1v) is 9.63. The van der Waals surface area contributed by atoms with Crippen molar-refractivity contribution in [3.63, 3.8) is 0 Å². The van der Waals surface area contributed by atoms with Gasteiger partial charge in [0.2, 0.25) is 0 Å². The van der Waals surface area contributed by atoms with Gasteiger partial charge in [0.15, 0.2) is 0 Å². The van der Waals surface area contributed by atoms with Crippen molar-refractivity contribution >= 4 is 64.2 Å². The van der Waals surface area contributed by atoms with Gasteiger partial charge in [-0.05, 0) is 48.5 Å². The van der Waals surface area contributed by atoms with Crippen molar-refractivity contribution in [2.45, 2.75) is 0 Å². The number of hydrogen-bond acceptors (Lipinski definition) is 4. The minimum atomic E-state index is 0.628. The predicted octanol–water partition coefficient (Wildman–Crippen LogP) is 6.85. The van der Waals surface area contributed by atoms with Gasteiger partial charge in [0.25, 0.3) is 0 Å². The first-order valence-electron chi connectivity index (χ1n) is 8.81. The van der Waals surface area contributed by atoms with Gasteiger partial charge in [-0.1, -0.05) is 12.1 Å². The Bertz CT molecular complexity index is 1560. The average molecular weight is 374 g/mol. The maximum atomic E-state index is 9.22. The first-order chi connectivity index (χ1) is 13.8. The van der Waals surface area contributed by atoms with Gasteiger partial charge in [-0.25, -0.2) is 0 Å². The lowest BCUT2D eigenvalue weighted by Crippen LogP contribution is -1.76. The van der Waals surface area contributed by atoms with Crippen molar-refractivity contribution in [3.05, 3.63) is 71.8 Å². The Morgan fingerprint density at radius 2 is 1.25 bits per heavy atom. The number of thiophene rings is 1. The molecular weight excluding hydrogens is 364 g/mol. The zero-order valence-electron chi connectivity index (χ0n) is 14.5. The number of rotatable bonds is 0. The van der Waals surface area contributed by atoms with Crippen LogP contribution < -0.4 is 0 Å². The molecule has 3 nitrogen and oxygen atoms in total. The molecule has 0 atom stereocenters. The third kappa shape index (κ3) is 1.90. The van der Waals surface area contributed by atoms with Crippen molar-refractivity contribution < 1.29 is 4.42 Å². The summed E-state index contributed by atoms with van der Waals surface area (Å²) in [6, 6.07) is 24.2. The summed E-state index contributed by atoms with van der Waals surface area (Å²) < 4.78 is 8.54. The van der Waals surface area contributed by atoms with E-state index in [4.69, 9.17) is 4.42 Å². The molecule has 2 aromatic heterocycles. The summed E-state index contributed by atoms with van der Waals surface area (Å²) in [6.45, 7) is 0. The third-order valence-electron chi connectivity index (χ3n) is 5.32. The van der Waals surface area contributed by atoms with Crippen LogP contribution in [-0.4, -0.2) is 0 Å². The molecule has 4 heteroatoms. The van der Waals surface area contributed by atoms with Crippen LogP contribution in [0.1, 0.15) is 11.1 Å². The van der Waals surface area contributed by atoms with Crippen LogP contribution in [0.2, 0.25) is 0 Å². The van der Waals surface area contributed by atoms with E-state index in [2.05, 4.69) is 36.4 Å². The second-order valence-corrected chi connectivity index (χ2v) is 7.88. The summed E-state index contributed by atoms with van der Waals surface area (Å²) in [5.41, 5.74) is 2.94. The Morgan fingerprint density at radius 1 is 0.643 bits per heavy atom. The van der Waals surface area contributed by atoms with Gasteiger partial charge in [-0.2, -0.15) is 10.5 Å². The lowest BCUT2D eigenvalue weighted by Gasteiger charge is -2.01. The average Bonchev–Trinajstić information content (AvgIpc) is 3.30. The molecule has 0 spiro atoms. The van der Waals surface area contributed by atoms with Gasteiger partial charge in [-0.3, -0.25) is 0 Å². The van der Waals surface area contributed by atoms with E-state index in [1.807, 2.05) is 30.3 Å². The molecule has 4 aromatic carbocycles. The fourth-order valence-electron chi connectivity index (χ4n) is 4.01. The van der Waals surface area contributed by atoms with Crippen LogP contribution in [0.15, 0.2) is 65.1 Å². The fraction of sp³-hybridized carbons (Fsp3) is 0. The summed E-state index contributed by atoms with van der Waals surface area (Å²) in [4.78, 5) is 0. The van der Waals surface area contributed by atoms with E-state index in [1.165, 1.54) is 9.40 Å². The molecule has 0 unspecified atom stereocenters. The third-order valence-corrected chi connectivity index (χ3v) is 6.54. The number of nitrogens with zero attached hydrogens (tertiary/aromatic N) is 2. The molecule has 6 aromatic rings. The number of hydrogen-bond donors (Lipinski definition) is 0. The Kier molecular flexibility index (Phi) is 2.90. The van der Waals surface area contributed by atoms with Crippen molar-refractivity contribution in [1.29, 1.82) is 10.5 Å². The zero-order valence-corrected chi connectivity index (χ0v) is 15.3. The molecule has 0 amide bonds. The minimum Gasteiger partial charge on any atom is -0.455 e. The molecule has 6 rings (SSSR count). The summed E-state index contributed by atoms with van der Waals surface area (Å²) in [5.74, 6) is 0. The Balaban J connectivity index is 1.76. The first kappa shape index (κ1) is 15.2. The van der Waals surface area contributed by atoms with Gasteiger partial charge >= 0.3 is 0 Å². The molecule has 128 valence electrons. The van der Waals surface area contributed by atoms with Crippen molar-refractivity contribution in [2.24, 2.45) is 0 Å². The maximum Gasteiger partial charge on any atom is 0.143 e. The summed E-state index contributed by atoms with van der Waals surface area (Å²) in [5, 5.41) is 24.9. The van der Waals surface area contributed by atoms with E-state index in [-0.39, 0.29) is 0 Å². The monoisotopic (exact) mass is 374 g/mol. The van der Waals surface area contributed by atoms with E-state index in [1.54, 1.807) is 17.4 Å². The summed E-state index contributed by atoms with van der Waals surface area (Å²) >= 11 is 1.74.